The Bertz CT molecular complexity index is 880. The molecule has 1 atom stereocenters. The Hall–Kier alpha value is -2.57. The molecule has 1 aromatic carbocycles. The van der Waals surface area contributed by atoms with Gasteiger partial charge in [-0.3, -0.25) is 0 Å². The molecule has 0 N–H and O–H groups in total. The van der Waals surface area contributed by atoms with Crippen molar-refractivity contribution >= 4 is 29.0 Å². The van der Waals surface area contributed by atoms with Gasteiger partial charge in [-0.25, -0.2) is 15.0 Å². The standard InChI is InChI=1S/C20H20N4OS/c1-21-20-23-18(14-26-20)17-8-5-9-19(22-17)24-10-11-25-16(13-24)12-15-6-3-2-4-7-15/h2-9,14,16H,1,10-13H2. The normalized spacial score (nSPS) is 17.2. The third kappa shape index (κ3) is 3.81. The van der Waals surface area contributed by atoms with E-state index < -0.39 is 0 Å². The Kier molecular flexibility index (Phi) is 5.04. The van der Waals surface area contributed by atoms with Crippen LogP contribution in [-0.2, 0) is 11.2 Å². The Labute approximate surface area is 157 Å². The molecule has 0 spiro atoms. The van der Waals surface area contributed by atoms with Crippen LogP contribution in [0.2, 0.25) is 0 Å². The molecule has 26 heavy (non-hydrogen) atoms. The number of nitrogens with zero attached hydrogens (tertiary/aromatic N) is 4. The first kappa shape index (κ1) is 16.9. The number of anilines is 1. The topological polar surface area (TPSA) is 50.6 Å². The fourth-order valence-electron chi connectivity index (χ4n) is 3.12. The second-order valence-electron chi connectivity index (χ2n) is 6.18. The minimum absolute atomic E-state index is 0.174. The highest BCUT2D eigenvalue weighted by Gasteiger charge is 2.22. The summed E-state index contributed by atoms with van der Waals surface area (Å²) >= 11 is 1.47. The quantitative estimate of drug-likeness (QED) is 0.643. The average Bonchev–Trinajstić information content (AvgIpc) is 3.19. The summed E-state index contributed by atoms with van der Waals surface area (Å²) in [5.41, 5.74) is 3.00. The summed E-state index contributed by atoms with van der Waals surface area (Å²) in [5.74, 6) is 0.963. The molecule has 3 heterocycles. The molecule has 132 valence electrons. The summed E-state index contributed by atoms with van der Waals surface area (Å²) in [6, 6.07) is 16.5. The molecule has 0 bridgehead atoms. The van der Waals surface area contributed by atoms with Gasteiger partial charge in [-0.1, -0.05) is 36.4 Å². The van der Waals surface area contributed by atoms with E-state index in [4.69, 9.17) is 9.72 Å². The summed E-state index contributed by atoms with van der Waals surface area (Å²) in [6.07, 6.45) is 1.09. The van der Waals surface area contributed by atoms with Crippen molar-refractivity contribution in [2.75, 3.05) is 24.6 Å². The van der Waals surface area contributed by atoms with Crippen molar-refractivity contribution in [3.05, 3.63) is 59.5 Å². The van der Waals surface area contributed by atoms with E-state index in [0.717, 1.165) is 36.7 Å². The van der Waals surface area contributed by atoms with E-state index in [1.807, 2.05) is 29.6 Å². The zero-order chi connectivity index (χ0) is 17.8. The molecule has 0 aliphatic carbocycles. The lowest BCUT2D eigenvalue weighted by molar-refractivity contribution is 0.0408. The summed E-state index contributed by atoms with van der Waals surface area (Å²) < 4.78 is 5.97. The van der Waals surface area contributed by atoms with Crippen LogP contribution >= 0.6 is 11.3 Å². The van der Waals surface area contributed by atoms with Crippen molar-refractivity contribution in [2.24, 2.45) is 4.99 Å². The van der Waals surface area contributed by atoms with Gasteiger partial charge in [0.2, 0.25) is 5.13 Å². The van der Waals surface area contributed by atoms with Crippen LogP contribution in [0.4, 0.5) is 10.9 Å². The fourth-order valence-corrected chi connectivity index (χ4v) is 3.74. The SMILES string of the molecule is C=Nc1nc(-c2cccc(N3CCOC(Cc4ccccc4)C3)n2)cs1. The van der Waals surface area contributed by atoms with Crippen LogP contribution in [-0.4, -0.2) is 42.5 Å². The maximum atomic E-state index is 5.97. The summed E-state index contributed by atoms with van der Waals surface area (Å²) in [6.45, 7) is 5.92. The van der Waals surface area contributed by atoms with E-state index in [-0.39, 0.29) is 6.10 Å². The highest BCUT2D eigenvalue weighted by atomic mass is 32.1. The molecule has 4 rings (SSSR count). The first-order chi connectivity index (χ1) is 12.8. The lowest BCUT2D eigenvalue weighted by Gasteiger charge is -2.34. The molecule has 0 amide bonds. The molecule has 3 aromatic rings. The first-order valence-corrected chi connectivity index (χ1v) is 9.50. The van der Waals surface area contributed by atoms with Gasteiger partial charge in [-0.05, 0) is 24.4 Å². The minimum atomic E-state index is 0.174. The molecular formula is C20H20N4OS. The zero-order valence-corrected chi connectivity index (χ0v) is 15.2. The molecule has 1 aliphatic rings. The molecule has 0 radical (unpaired) electrons. The van der Waals surface area contributed by atoms with Gasteiger partial charge in [-0.2, -0.15) is 0 Å². The van der Waals surface area contributed by atoms with Crippen molar-refractivity contribution in [3.63, 3.8) is 0 Å². The van der Waals surface area contributed by atoms with Crippen LogP contribution in [0.3, 0.4) is 0 Å². The largest absolute Gasteiger partial charge is 0.374 e. The van der Waals surface area contributed by atoms with Gasteiger partial charge in [0.25, 0.3) is 0 Å². The second-order valence-corrected chi connectivity index (χ2v) is 7.02. The third-order valence-corrected chi connectivity index (χ3v) is 5.17. The predicted molar refractivity (Wildman–Crippen MR) is 107 cm³/mol. The predicted octanol–water partition coefficient (Wildman–Crippen LogP) is 3.99. The molecule has 5 nitrogen and oxygen atoms in total. The van der Waals surface area contributed by atoms with Gasteiger partial charge in [-0.15, -0.1) is 11.3 Å². The van der Waals surface area contributed by atoms with Gasteiger partial charge >= 0.3 is 0 Å². The Morgan fingerprint density at radius 1 is 1.12 bits per heavy atom. The highest BCUT2D eigenvalue weighted by molar-refractivity contribution is 7.13. The number of hydrogen-bond acceptors (Lipinski definition) is 6. The second kappa shape index (κ2) is 7.76. The van der Waals surface area contributed by atoms with E-state index in [1.165, 1.54) is 16.9 Å². The summed E-state index contributed by atoms with van der Waals surface area (Å²) in [4.78, 5) is 15.4. The van der Waals surface area contributed by atoms with Gasteiger partial charge in [0.15, 0.2) is 0 Å². The van der Waals surface area contributed by atoms with Crippen molar-refractivity contribution in [3.8, 4) is 11.4 Å². The molecule has 1 unspecified atom stereocenters. The number of rotatable bonds is 5. The molecule has 1 aliphatic heterocycles. The van der Waals surface area contributed by atoms with Crippen LogP contribution in [0, 0.1) is 0 Å². The molecular weight excluding hydrogens is 344 g/mol. The average molecular weight is 364 g/mol. The number of pyridine rings is 1. The van der Waals surface area contributed by atoms with Crippen molar-refractivity contribution in [1.29, 1.82) is 0 Å². The van der Waals surface area contributed by atoms with E-state index in [0.29, 0.717) is 11.7 Å². The number of ether oxygens (including phenoxy) is 1. The van der Waals surface area contributed by atoms with E-state index >= 15 is 0 Å². The van der Waals surface area contributed by atoms with Crippen molar-refractivity contribution < 1.29 is 4.74 Å². The number of thiazole rings is 1. The van der Waals surface area contributed by atoms with Crippen molar-refractivity contribution in [1.82, 2.24) is 9.97 Å². The van der Waals surface area contributed by atoms with Gasteiger partial charge < -0.3 is 9.64 Å². The Balaban J connectivity index is 1.50. The van der Waals surface area contributed by atoms with Crippen LogP contribution in [0.15, 0.2) is 58.9 Å². The van der Waals surface area contributed by atoms with Gasteiger partial charge in [0, 0.05) is 24.9 Å². The first-order valence-electron chi connectivity index (χ1n) is 8.62. The third-order valence-electron chi connectivity index (χ3n) is 4.39. The van der Waals surface area contributed by atoms with E-state index in [1.54, 1.807) is 0 Å². The molecule has 1 saturated heterocycles. The highest BCUT2D eigenvalue weighted by Crippen LogP contribution is 2.27. The van der Waals surface area contributed by atoms with E-state index in [9.17, 15) is 0 Å². The van der Waals surface area contributed by atoms with E-state index in [2.05, 4.69) is 45.9 Å². The Morgan fingerprint density at radius 3 is 2.81 bits per heavy atom. The van der Waals surface area contributed by atoms with Crippen LogP contribution in [0.5, 0.6) is 0 Å². The lowest BCUT2D eigenvalue weighted by Crippen LogP contribution is -2.43. The van der Waals surface area contributed by atoms with Crippen LogP contribution < -0.4 is 4.90 Å². The van der Waals surface area contributed by atoms with Crippen LogP contribution in [0.1, 0.15) is 5.56 Å². The lowest BCUT2D eigenvalue weighted by atomic mass is 10.1. The Morgan fingerprint density at radius 2 is 2.00 bits per heavy atom. The summed E-state index contributed by atoms with van der Waals surface area (Å²) in [5, 5.41) is 2.63. The van der Waals surface area contributed by atoms with Crippen molar-refractivity contribution in [2.45, 2.75) is 12.5 Å². The number of aromatic nitrogens is 2. The zero-order valence-electron chi connectivity index (χ0n) is 14.4. The monoisotopic (exact) mass is 364 g/mol. The number of hydrogen-bond donors (Lipinski definition) is 0. The number of aliphatic imine (C=N–C) groups is 1. The smallest absolute Gasteiger partial charge is 0.209 e. The van der Waals surface area contributed by atoms with Crippen LogP contribution in [0.25, 0.3) is 11.4 Å². The number of benzene rings is 1. The molecule has 6 heteroatoms. The summed E-state index contributed by atoms with van der Waals surface area (Å²) in [7, 11) is 0. The molecule has 0 saturated carbocycles. The van der Waals surface area contributed by atoms with Gasteiger partial charge in [0.05, 0.1) is 18.4 Å². The molecule has 1 fully saturated rings. The minimum Gasteiger partial charge on any atom is -0.374 e. The molecule has 2 aromatic heterocycles. The van der Waals surface area contributed by atoms with Gasteiger partial charge in [0.1, 0.15) is 11.5 Å². The number of morpholine rings is 1. The maximum Gasteiger partial charge on any atom is 0.209 e. The maximum absolute atomic E-state index is 5.97. The fraction of sp³-hybridized carbons (Fsp3) is 0.250.